The topological polar surface area (TPSA) is 21.3 Å². The van der Waals surface area contributed by atoms with E-state index in [1.54, 1.807) is 6.07 Å². The summed E-state index contributed by atoms with van der Waals surface area (Å²) >= 11 is 3.12. The minimum Gasteiger partial charge on any atom is -0.371 e. The highest BCUT2D eigenvalue weighted by Crippen LogP contribution is 2.23. The van der Waals surface area contributed by atoms with Crippen LogP contribution in [0.3, 0.4) is 0 Å². The molecule has 0 aliphatic carbocycles. The number of halogens is 2. The van der Waals surface area contributed by atoms with Gasteiger partial charge in [-0.2, -0.15) is 0 Å². The van der Waals surface area contributed by atoms with Gasteiger partial charge in [0.15, 0.2) is 0 Å². The smallest absolute Gasteiger partial charge is 0.137 e. The quantitative estimate of drug-likeness (QED) is 0.836. The van der Waals surface area contributed by atoms with E-state index in [1.807, 2.05) is 6.07 Å². The van der Waals surface area contributed by atoms with E-state index < -0.39 is 0 Å². The molecule has 1 aliphatic rings. The predicted molar refractivity (Wildman–Crippen MR) is 55.7 cm³/mol. The number of hydrogen-bond donors (Lipinski definition) is 1. The van der Waals surface area contributed by atoms with Crippen LogP contribution in [0.4, 0.5) is 4.39 Å². The van der Waals surface area contributed by atoms with E-state index in [9.17, 15) is 4.39 Å². The summed E-state index contributed by atoms with van der Waals surface area (Å²) in [7, 11) is 0. The lowest BCUT2D eigenvalue weighted by Crippen LogP contribution is -2.33. The van der Waals surface area contributed by atoms with E-state index >= 15 is 0 Å². The van der Waals surface area contributed by atoms with Crippen LogP contribution in [-0.2, 0) is 4.74 Å². The second-order valence-corrected chi connectivity index (χ2v) is 4.09. The maximum Gasteiger partial charge on any atom is 0.137 e. The van der Waals surface area contributed by atoms with Gasteiger partial charge in [-0.25, -0.2) is 4.39 Å². The molecular weight excluding hydrogens is 249 g/mol. The molecule has 76 valence electrons. The molecule has 1 aliphatic heterocycles. The third-order valence-corrected chi connectivity index (χ3v) is 2.89. The maximum atomic E-state index is 13.2. The molecule has 2 rings (SSSR count). The Balaban J connectivity index is 2.18. The van der Waals surface area contributed by atoms with E-state index in [4.69, 9.17) is 4.74 Å². The first-order valence-electron chi connectivity index (χ1n) is 4.54. The average Bonchev–Trinajstić information content (AvgIpc) is 2.23. The summed E-state index contributed by atoms with van der Waals surface area (Å²) in [6.07, 6.45) is -0.0219. The van der Waals surface area contributed by atoms with Crippen LogP contribution in [0.15, 0.2) is 22.7 Å². The van der Waals surface area contributed by atoms with Crippen LogP contribution in [-0.4, -0.2) is 19.7 Å². The number of nitrogens with one attached hydrogen (secondary N) is 1. The van der Waals surface area contributed by atoms with E-state index in [2.05, 4.69) is 21.2 Å². The van der Waals surface area contributed by atoms with Crippen molar-refractivity contribution in [3.05, 3.63) is 34.1 Å². The number of ether oxygens (including phenoxy) is 1. The Morgan fingerprint density at radius 3 is 3.00 bits per heavy atom. The molecule has 1 saturated heterocycles. The Bertz CT molecular complexity index is 326. The lowest BCUT2D eigenvalue weighted by molar-refractivity contribution is 0.0275. The van der Waals surface area contributed by atoms with E-state index in [-0.39, 0.29) is 11.9 Å². The normalized spacial score (nSPS) is 22.3. The Morgan fingerprint density at radius 1 is 1.50 bits per heavy atom. The van der Waals surface area contributed by atoms with Crippen molar-refractivity contribution in [3.8, 4) is 0 Å². The van der Waals surface area contributed by atoms with Gasteiger partial charge in [0.1, 0.15) is 5.82 Å². The zero-order chi connectivity index (χ0) is 9.97. The van der Waals surface area contributed by atoms with Gasteiger partial charge in [0, 0.05) is 13.1 Å². The molecule has 0 radical (unpaired) electrons. The zero-order valence-electron chi connectivity index (χ0n) is 7.59. The van der Waals surface area contributed by atoms with Crippen molar-refractivity contribution in [2.75, 3.05) is 19.7 Å². The number of hydrogen-bond acceptors (Lipinski definition) is 2. The molecule has 0 amide bonds. The van der Waals surface area contributed by atoms with Crippen molar-refractivity contribution in [2.24, 2.45) is 0 Å². The largest absolute Gasteiger partial charge is 0.371 e. The Kier molecular flexibility index (Phi) is 3.15. The second kappa shape index (κ2) is 4.38. The van der Waals surface area contributed by atoms with Crippen molar-refractivity contribution in [3.63, 3.8) is 0 Å². The van der Waals surface area contributed by atoms with Crippen LogP contribution in [0.25, 0.3) is 0 Å². The molecule has 1 N–H and O–H groups in total. The summed E-state index contributed by atoms with van der Waals surface area (Å²) in [6.45, 7) is 2.30. The lowest BCUT2D eigenvalue weighted by atomic mass is 10.1. The number of benzene rings is 1. The standard InChI is InChI=1S/C10H11BrFNO/c11-8-2-1-7(5-9(8)12)10-6-13-3-4-14-10/h1-2,5,10,13H,3-4,6H2. The Hall–Kier alpha value is -0.450. The molecule has 0 spiro atoms. The van der Waals surface area contributed by atoms with Gasteiger partial charge in [-0.1, -0.05) is 6.07 Å². The van der Waals surface area contributed by atoms with Crippen molar-refractivity contribution in [2.45, 2.75) is 6.10 Å². The SMILES string of the molecule is Fc1cc(C2CNCCO2)ccc1Br. The van der Waals surface area contributed by atoms with Crippen LogP contribution in [0, 0.1) is 5.82 Å². The molecule has 1 unspecified atom stereocenters. The summed E-state index contributed by atoms with van der Waals surface area (Å²) in [5.41, 5.74) is 0.887. The van der Waals surface area contributed by atoms with Gasteiger partial charge in [0.2, 0.25) is 0 Å². The molecule has 0 saturated carbocycles. The minimum atomic E-state index is -0.239. The van der Waals surface area contributed by atoms with Crippen molar-refractivity contribution in [1.29, 1.82) is 0 Å². The molecule has 0 bridgehead atoms. The Labute approximate surface area is 90.6 Å². The van der Waals surface area contributed by atoms with Gasteiger partial charge in [-0.05, 0) is 33.6 Å². The maximum absolute atomic E-state index is 13.2. The van der Waals surface area contributed by atoms with Gasteiger partial charge >= 0.3 is 0 Å². The van der Waals surface area contributed by atoms with Gasteiger partial charge < -0.3 is 10.1 Å². The first kappa shape index (κ1) is 10.1. The minimum absolute atomic E-state index is 0.0219. The second-order valence-electron chi connectivity index (χ2n) is 3.24. The lowest BCUT2D eigenvalue weighted by Gasteiger charge is -2.24. The van der Waals surface area contributed by atoms with Gasteiger partial charge in [0.25, 0.3) is 0 Å². The molecule has 2 nitrogen and oxygen atoms in total. The van der Waals surface area contributed by atoms with Crippen molar-refractivity contribution < 1.29 is 9.13 Å². The first-order valence-corrected chi connectivity index (χ1v) is 5.34. The van der Waals surface area contributed by atoms with Crippen LogP contribution in [0.5, 0.6) is 0 Å². The number of rotatable bonds is 1. The van der Waals surface area contributed by atoms with Crippen molar-refractivity contribution in [1.82, 2.24) is 5.32 Å². The third-order valence-electron chi connectivity index (χ3n) is 2.24. The van der Waals surface area contributed by atoms with Crippen molar-refractivity contribution >= 4 is 15.9 Å². The van der Waals surface area contributed by atoms with Crippen LogP contribution in [0.1, 0.15) is 11.7 Å². The Morgan fingerprint density at radius 2 is 2.36 bits per heavy atom. The van der Waals surface area contributed by atoms with Gasteiger partial charge in [-0.15, -0.1) is 0 Å². The summed E-state index contributed by atoms with van der Waals surface area (Å²) in [4.78, 5) is 0. The monoisotopic (exact) mass is 259 g/mol. The highest BCUT2D eigenvalue weighted by Gasteiger charge is 2.16. The zero-order valence-corrected chi connectivity index (χ0v) is 9.18. The molecule has 1 atom stereocenters. The molecule has 14 heavy (non-hydrogen) atoms. The fraction of sp³-hybridized carbons (Fsp3) is 0.400. The molecule has 1 fully saturated rings. The molecular formula is C10H11BrFNO. The molecule has 0 aromatic heterocycles. The average molecular weight is 260 g/mol. The van der Waals surface area contributed by atoms with Gasteiger partial charge in [-0.3, -0.25) is 0 Å². The third kappa shape index (κ3) is 2.13. The van der Waals surface area contributed by atoms with E-state index in [0.29, 0.717) is 11.1 Å². The van der Waals surface area contributed by atoms with Crippen LogP contribution in [0.2, 0.25) is 0 Å². The number of morpholine rings is 1. The molecule has 1 aromatic rings. The fourth-order valence-electron chi connectivity index (χ4n) is 1.49. The van der Waals surface area contributed by atoms with Gasteiger partial charge in [0.05, 0.1) is 17.2 Å². The fourth-order valence-corrected chi connectivity index (χ4v) is 1.74. The highest BCUT2D eigenvalue weighted by atomic mass is 79.9. The summed E-state index contributed by atoms with van der Waals surface area (Å²) < 4.78 is 19.2. The predicted octanol–water partition coefficient (Wildman–Crippen LogP) is 2.25. The summed E-state index contributed by atoms with van der Waals surface area (Å²) in [5.74, 6) is -0.239. The van der Waals surface area contributed by atoms with Crippen LogP contribution < -0.4 is 5.32 Å². The first-order chi connectivity index (χ1) is 6.77. The van der Waals surface area contributed by atoms with E-state index in [0.717, 1.165) is 18.7 Å². The summed E-state index contributed by atoms with van der Waals surface area (Å²) in [6, 6.07) is 5.11. The van der Waals surface area contributed by atoms with Crippen LogP contribution >= 0.6 is 15.9 Å². The summed E-state index contributed by atoms with van der Waals surface area (Å²) in [5, 5.41) is 3.21. The molecule has 1 aromatic carbocycles. The molecule has 1 heterocycles. The highest BCUT2D eigenvalue weighted by molar-refractivity contribution is 9.10. The van der Waals surface area contributed by atoms with E-state index in [1.165, 1.54) is 6.07 Å². The molecule has 4 heteroatoms.